The zero-order valence-corrected chi connectivity index (χ0v) is 21.2. The number of piperidine rings is 1. The van der Waals surface area contributed by atoms with Gasteiger partial charge in [0.15, 0.2) is 0 Å². The Morgan fingerprint density at radius 3 is 2.22 bits per heavy atom. The summed E-state index contributed by atoms with van der Waals surface area (Å²) in [6.45, 7) is 5.80. The predicted octanol–water partition coefficient (Wildman–Crippen LogP) is 1.45. The molecule has 198 valence electrons. The molecule has 0 saturated carbocycles. The van der Waals surface area contributed by atoms with E-state index in [1.807, 2.05) is 54.6 Å². The summed E-state index contributed by atoms with van der Waals surface area (Å²) in [5.41, 5.74) is 1.84. The van der Waals surface area contributed by atoms with Gasteiger partial charge in [0.25, 0.3) is 17.6 Å². The topological polar surface area (TPSA) is 102 Å². The van der Waals surface area contributed by atoms with Crippen LogP contribution in [-0.4, -0.2) is 91.0 Å². The van der Waals surface area contributed by atoms with Crippen molar-refractivity contribution in [3.63, 3.8) is 0 Å². The minimum atomic E-state index is -2.00. The number of ether oxygens (including phenoxy) is 1. The number of carbonyl (C=O) groups is 3. The number of para-hydroxylation sites is 1. The molecule has 0 aliphatic carbocycles. The lowest BCUT2D eigenvalue weighted by Gasteiger charge is -2.36. The maximum Gasteiger partial charge on any atom is 0.291 e. The maximum atomic E-state index is 12.6. The number of carbonyl (C=O) groups excluding carboxylic acids is 3. The molecule has 2 saturated heterocycles. The normalized spacial score (nSPS) is 17.2. The first-order valence-corrected chi connectivity index (χ1v) is 13.0. The van der Waals surface area contributed by atoms with Crippen LogP contribution in [0.25, 0.3) is 0 Å². The third kappa shape index (κ3) is 7.53. The number of ketones is 1. The minimum Gasteiger partial charge on any atom is -0.492 e. The molecule has 2 fully saturated rings. The SMILES string of the molecule is O=C(NCc1ccc(OCCN2CCCCC2)cc1)C(=O)[C@@H](O)C(=O)N1CCN(c2ccccc2)CC1. The van der Waals surface area contributed by atoms with Crippen molar-refractivity contribution in [3.8, 4) is 5.75 Å². The standard InChI is InChI=1S/C28H36N4O5/c33-25(26(34)28(36)32-17-15-31(16-18-32)23-7-3-1-4-8-23)27(35)29-21-22-9-11-24(12-10-22)37-20-19-30-13-5-2-6-14-30/h1,3-4,7-12,26,34H,2,5-6,13-21H2,(H,29,35)/t26-/m1/s1. The number of anilines is 1. The third-order valence-electron chi connectivity index (χ3n) is 6.92. The van der Waals surface area contributed by atoms with Gasteiger partial charge in [0.1, 0.15) is 12.4 Å². The van der Waals surface area contributed by atoms with Gasteiger partial charge in [0.05, 0.1) is 0 Å². The molecule has 4 rings (SSSR count). The Morgan fingerprint density at radius 1 is 0.865 bits per heavy atom. The van der Waals surface area contributed by atoms with Gasteiger partial charge in [-0.05, 0) is 55.8 Å². The van der Waals surface area contributed by atoms with Crippen LogP contribution >= 0.6 is 0 Å². The molecule has 0 unspecified atom stereocenters. The summed E-state index contributed by atoms with van der Waals surface area (Å²) < 4.78 is 5.81. The first-order valence-electron chi connectivity index (χ1n) is 13.0. The largest absolute Gasteiger partial charge is 0.492 e. The van der Waals surface area contributed by atoms with E-state index < -0.39 is 23.7 Å². The molecule has 9 heteroatoms. The van der Waals surface area contributed by atoms with E-state index in [1.165, 1.54) is 24.2 Å². The van der Waals surface area contributed by atoms with E-state index in [2.05, 4.69) is 15.1 Å². The van der Waals surface area contributed by atoms with Crippen molar-refractivity contribution in [2.24, 2.45) is 0 Å². The second-order valence-electron chi connectivity index (χ2n) is 9.49. The number of piperazine rings is 1. The molecule has 2 aliphatic heterocycles. The monoisotopic (exact) mass is 508 g/mol. The van der Waals surface area contributed by atoms with Crippen molar-refractivity contribution in [2.45, 2.75) is 31.9 Å². The van der Waals surface area contributed by atoms with Gasteiger partial charge >= 0.3 is 0 Å². The van der Waals surface area contributed by atoms with Crippen molar-refractivity contribution in [2.75, 3.05) is 57.3 Å². The molecule has 0 spiro atoms. The highest BCUT2D eigenvalue weighted by Crippen LogP contribution is 2.16. The molecular formula is C28H36N4O5. The molecule has 2 N–H and O–H groups in total. The first-order chi connectivity index (χ1) is 18.0. The third-order valence-corrected chi connectivity index (χ3v) is 6.92. The van der Waals surface area contributed by atoms with Gasteiger partial charge in [0, 0.05) is 45.0 Å². The van der Waals surface area contributed by atoms with Crippen molar-refractivity contribution < 1.29 is 24.2 Å². The van der Waals surface area contributed by atoms with E-state index in [1.54, 1.807) is 0 Å². The Kier molecular flexibility index (Phi) is 9.51. The molecule has 1 atom stereocenters. The van der Waals surface area contributed by atoms with Crippen molar-refractivity contribution in [1.82, 2.24) is 15.1 Å². The van der Waals surface area contributed by atoms with Crippen LogP contribution in [0.5, 0.6) is 5.75 Å². The smallest absolute Gasteiger partial charge is 0.291 e. The molecule has 0 bridgehead atoms. The Balaban J connectivity index is 1.17. The lowest BCUT2D eigenvalue weighted by atomic mass is 10.1. The summed E-state index contributed by atoms with van der Waals surface area (Å²) in [6, 6.07) is 17.1. The molecule has 2 amide bonds. The second-order valence-corrected chi connectivity index (χ2v) is 9.49. The molecule has 0 aromatic heterocycles. The minimum absolute atomic E-state index is 0.106. The zero-order valence-electron chi connectivity index (χ0n) is 21.2. The lowest BCUT2D eigenvalue weighted by Crippen LogP contribution is -2.54. The molecule has 0 radical (unpaired) electrons. The molecule has 37 heavy (non-hydrogen) atoms. The van der Waals surface area contributed by atoms with Crippen molar-refractivity contribution in [1.29, 1.82) is 0 Å². The number of Topliss-reactive ketones (excluding diaryl/α,β-unsaturated/α-hetero) is 1. The van der Waals surface area contributed by atoms with E-state index in [9.17, 15) is 19.5 Å². The molecule has 2 aliphatic rings. The molecule has 2 heterocycles. The van der Waals surface area contributed by atoms with Gasteiger partial charge in [0.2, 0.25) is 6.10 Å². The van der Waals surface area contributed by atoms with Crippen LogP contribution in [0.4, 0.5) is 5.69 Å². The first kappa shape index (κ1) is 26.6. The van der Waals surface area contributed by atoms with E-state index in [0.29, 0.717) is 32.8 Å². The second kappa shape index (κ2) is 13.2. The predicted molar refractivity (Wildman–Crippen MR) is 140 cm³/mol. The lowest BCUT2D eigenvalue weighted by molar-refractivity contribution is -0.152. The van der Waals surface area contributed by atoms with Crippen LogP contribution in [0.15, 0.2) is 54.6 Å². The number of amides is 2. The van der Waals surface area contributed by atoms with Crippen LogP contribution in [0.3, 0.4) is 0 Å². The number of aliphatic hydroxyl groups excluding tert-OH is 1. The molecule has 9 nitrogen and oxygen atoms in total. The van der Waals surface area contributed by atoms with Crippen LogP contribution in [0, 0.1) is 0 Å². The number of hydrogen-bond acceptors (Lipinski definition) is 7. The fraction of sp³-hybridized carbons (Fsp3) is 0.464. The van der Waals surface area contributed by atoms with Gasteiger partial charge < -0.3 is 25.0 Å². The summed E-state index contributed by atoms with van der Waals surface area (Å²) >= 11 is 0. The summed E-state index contributed by atoms with van der Waals surface area (Å²) in [5.74, 6) is -2.12. The van der Waals surface area contributed by atoms with E-state index >= 15 is 0 Å². The van der Waals surface area contributed by atoms with Crippen LogP contribution in [0.2, 0.25) is 0 Å². The summed E-state index contributed by atoms with van der Waals surface area (Å²) in [4.78, 5) is 43.3. The molecular weight excluding hydrogens is 472 g/mol. The van der Waals surface area contributed by atoms with Gasteiger partial charge in [-0.2, -0.15) is 0 Å². The van der Waals surface area contributed by atoms with Crippen molar-refractivity contribution in [3.05, 3.63) is 60.2 Å². The van der Waals surface area contributed by atoms with Crippen LogP contribution in [0.1, 0.15) is 24.8 Å². The number of nitrogens with one attached hydrogen (secondary N) is 1. The average molecular weight is 509 g/mol. The summed E-state index contributed by atoms with van der Waals surface area (Å²) in [7, 11) is 0. The highest BCUT2D eigenvalue weighted by atomic mass is 16.5. The van der Waals surface area contributed by atoms with Crippen LogP contribution in [-0.2, 0) is 20.9 Å². The fourth-order valence-corrected chi connectivity index (χ4v) is 4.68. The van der Waals surface area contributed by atoms with Gasteiger partial charge in [-0.25, -0.2) is 0 Å². The van der Waals surface area contributed by atoms with Gasteiger partial charge in [-0.15, -0.1) is 0 Å². The van der Waals surface area contributed by atoms with Crippen LogP contribution < -0.4 is 15.0 Å². The Bertz CT molecular complexity index is 1030. The van der Waals surface area contributed by atoms with E-state index in [0.717, 1.165) is 36.6 Å². The Hall–Kier alpha value is -3.43. The number of benzene rings is 2. The van der Waals surface area contributed by atoms with Gasteiger partial charge in [-0.3, -0.25) is 19.3 Å². The van der Waals surface area contributed by atoms with E-state index in [4.69, 9.17) is 4.74 Å². The Labute approximate surface area is 218 Å². The Morgan fingerprint density at radius 2 is 1.54 bits per heavy atom. The number of aliphatic hydroxyl groups is 1. The summed E-state index contributed by atoms with van der Waals surface area (Å²) in [6.07, 6.45) is 1.81. The highest BCUT2D eigenvalue weighted by molar-refractivity contribution is 6.41. The number of rotatable bonds is 10. The molecule has 2 aromatic carbocycles. The van der Waals surface area contributed by atoms with Crippen molar-refractivity contribution >= 4 is 23.3 Å². The van der Waals surface area contributed by atoms with E-state index in [-0.39, 0.29) is 6.54 Å². The average Bonchev–Trinajstić information content (AvgIpc) is 2.96. The maximum absolute atomic E-state index is 12.6. The number of likely N-dealkylation sites (tertiary alicyclic amines) is 1. The number of nitrogens with zero attached hydrogens (tertiary/aromatic N) is 3. The molecule has 2 aromatic rings. The number of hydrogen-bond donors (Lipinski definition) is 2. The quantitative estimate of drug-likeness (QED) is 0.370. The zero-order chi connectivity index (χ0) is 26.0. The fourth-order valence-electron chi connectivity index (χ4n) is 4.68. The summed E-state index contributed by atoms with van der Waals surface area (Å²) in [5, 5.41) is 12.8. The van der Waals surface area contributed by atoms with Gasteiger partial charge in [-0.1, -0.05) is 36.8 Å². The highest BCUT2D eigenvalue weighted by Gasteiger charge is 2.34.